The second kappa shape index (κ2) is 13.9. The Labute approximate surface area is 274 Å². The average Bonchev–Trinajstić information content (AvgIpc) is 3.83. The Balaban J connectivity index is 0.924. The van der Waals surface area contributed by atoms with Crippen molar-refractivity contribution >= 4 is 17.5 Å². The van der Waals surface area contributed by atoms with E-state index in [2.05, 4.69) is 34.9 Å². The molecule has 5 fully saturated rings. The number of nitrogens with zero attached hydrogens (tertiary/aromatic N) is 3. The maximum Gasteiger partial charge on any atom is 0.253 e. The van der Waals surface area contributed by atoms with Crippen LogP contribution in [0, 0.1) is 5.92 Å². The van der Waals surface area contributed by atoms with E-state index in [1.165, 1.54) is 50.5 Å². The smallest absolute Gasteiger partial charge is 0.253 e. The fourth-order valence-electron chi connectivity index (χ4n) is 8.83. The lowest BCUT2D eigenvalue weighted by atomic mass is 9.93. The molecule has 2 amide bonds. The van der Waals surface area contributed by atoms with Crippen molar-refractivity contribution in [2.24, 2.45) is 5.92 Å². The Morgan fingerprint density at radius 3 is 2.24 bits per heavy atom. The minimum absolute atomic E-state index is 0.0368. The number of hydrogen-bond donors (Lipinski definition) is 2. The van der Waals surface area contributed by atoms with Crippen LogP contribution in [-0.2, 0) is 9.53 Å². The van der Waals surface area contributed by atoms with Gasteiger partial charge in [-0.1, -0.05) is 25.0 Å². The molecule has 5 aliphatic rings. The fourth-order valence-corrected chi connectivity index (χ4v) is 8.83. The molecule has 1 aliphatic carbocycles. The summed E-state index contributed by atoms with van der Waals surface area (Å²) in [5.74, 6) is 2.14. The Morgan fingerprint density at radius 2 is 1.54 bits per heavy atom. The average molecular weight is 631 g/mol. The molecule has 2 aromatic rings. The summed E-state index contributed by atoms with van der Waals surface area (Å²) in [5, 5.41) is 7.66. The number of methoxy groups -OCH3 is 1. The van der Waals surface area contributed by atoms with Crippen molar-refractivity contribution in [2.45, 2.75) is 82.2 Å². The van der Waals surface area contributed by atoms with E-state index in [4.69, 9.17) is 9.47 Å². The Bertz CT molecular complexity index is 1330. The molecule has 2 aromatic carbocycles. The third kappa shape index (κ3) is 6.64. The van der Waals surface area contributed by atoms with Crippen molar-refractivity contribution in [3.05, 3.63) is 59.7 Å². The van der Waals surface area contributed by atoms with Gasteiger partial charge in [0.2, 0.25) is 6.29 Å². The second-order valence-electron chi connectivity index (χ2n) is 14.3. The Hall–Kier alpha value is -3.14. The number of ether oxygens (including phenoxy) is 2. The van der Waals surface area contributed by atoms with Crippen LogP contribution < -0.4 is 15.4 Å². The van der Waals surface area contributed by atoms with Crippen LogP contribution in [-0.4, -0.2) is 104 Å². The number of carbonyl (C=O) groups excluding carboxylic acids is 2. The number of benzene rings is 2. The molecule has 4 aliphatic heterocycles. The minimum Gasteiger partial charge on any atom is -0.497 e. The van der Waals surface area contributed by atoms with Gasteiger partial charge >= 0.3 is 0 Å². The molecule has 4 unspecified atom stereocenters. The van der Waals surface area contributed by atoms with Gasteiger partial charge in [-0.15, -0.1) is 0 Å². The lowest BCUT2D eigenvalue weighted by molar-refractivity contribution is -0.960. The van der Waals surface area contributed by atoms with Crippen LogP contribution >= 0.6 is 0 Å². The highest BCUT2D eigenvalue weighted by Gasteiger charge is 2.44. The quantitative estimate of drug-likeness (QED) is 0.428. The number of hydrogen-bond acceptors (Lipinski definition) is 6. The summed E-state index contributed by atoms with van der Waals surface area (Å²) in [6, 6.07) is 16.5. The molecule has 2 N–H and O–H groups in total. The molecule has 248 valence electrons. The summed E-state index contributed by atoms with van der Waals surface area (Å²) in [6.45, 7) is 6.62. The van der Waals surface area contributed by atoms with E-state index in [0.29, 0.717) is 43.6 Å². The van der Waals surface area contributed by atoms with Crippen molar-refractivity contribution in [3.63, 3.8) is 0 Å². The number of anilines is 1. The van der Waals surface area contributed by atoms with Crippen molar-refractivity contribution in [3.8, 4) is 5.75 Å². The van der Waals surface area contributed by atoms with E-state index in [9.17, 15) is 9.59 Å². The normalized spacial score (nSPS) is 28.4. The highest BCUT2D eigenvalue weighted by molar-refractivity contribution is 5.94. The van der Waals surface area contributed by atoms with Gasteiger partial charge in [-0.25, -0.2) is 5.32 Å². The summed E-state index contributed by atoms with van der Waals surface area (Å²) in [6.07, 6.45) is 10.8. The van der Waals surface area contributed by atoms with Gasteiger partial charge in [0.05, 0.1) is 32.8 Å². The van der Waals surface area contributed by atoms with Crippen LogP contribution in [0.15, 0.2) is 48.5 Å². The maximum atomic E-state index is 13.4. The molecule has 9 nitrogen and oxygen atoms in total. The van der Waals surface area contributed by atoms with Gasteiger partial charge in [0.15, 0.2) is 0 Å². The first-order valence-corrected chi connectivity index (χ1v) is 17.8. The topological polar surface area (TPSA) is 83.1 Å². The molecule has 1 spiro atoms. The zero-order valence-corrected chi connectivity index (χ0v) is 27.5. The van der Waals surface area contributed by atoms with E-state index >= 15 is 0 Å². The van der Waals surface area contributed by atoms with Crippen molar-refractivity contribution in [1.29, 1.82) is 0 Å². The molecular formula is C37H52N5O4+. The fraction of sp³-hybridized carbons (Fsp3) is 0.622. The third-order valence-electron chi connectivity index (χ3n) is 11.6. The van der Waals surface area contributed by atoms with Gasteiger partial charge < -0.3 is 24.6 Å². The molecule has 4 atom stereocenters. The second-order valence-corrected chi connectivity index (χ2v) is 14.3. The number of nitrogens with one attached hydrogen (secondary N) is 2. The van der Waals surface area contributed by atoms with Crippen molar-refractivity contribution < 1.29 is 23.5 Å². The van der Waals surface area contributed by atoms with Crippen molar-refractivity contribution in [1.82, 2.24) is 15.1 Å². The molecule has 0 bridgehead atoms. The SMILES string of the molecule is COc1ccc(C2CNC(Nc3ccc(C(=O)N4CCN(C(=O)C5CCC(C6CCCC6)O5)CC4)cc3)[N+]3(CCCCC3)C2)cc1. The first kappa shape index (κ1) is 31.5. The zero-order valence-electron chi connectivity index (χ0n) is 27.5. The first-order chi connectivity index (χ1) is 22.5. The summed E-state index contributed by atoms with van der Waals surface area (Å²) >= 11 is 0. The summed E-state index contributed by atoms with van der Waals surface area (Å²) in [5.41, 5.74) is 3.09. The van der Waals surface area contributed by atoms with E-state index in [0.717, 1.165) is 54.9 Å². The Morgan fingerprint density at radius 1 is 0.848 bits per heavy atom. The minimum atomic E-state index is -0.300. The number of piperazine rings is 1. The third-order valence-corrected chi connectivity index (χ3v) is 11.6. The number of piperidine rings is 1. The maximum absolute atomic E-state index is 13.4. The molecule has 7 rings (SSSR count). The Kier molecular flexibility index (Phi) is 9.52. The highest BCUT2D eigenvalue weighted by Crippen LogP contribution is 2.36. The van der Waals surface area contributed by atoms with Crippen LogP contribution in [0.2, 0.25) is 0 Å². The van der Waals surface area contributed by atoms with Crippen LogP contribution in [0.3, 0.4) is 0 Å². The highest BCUT2D eigenvalue weighted by atomic mass is 16.5. The van der Waals surface area contributed by atoms with E-state index < -0.39 is 0 Å². The van der Waals surface area contributed by atoms with E-state index in [-0.39, 0.29) is 30.3 Å². The van der Waals surface area contributed by atoms with E-state index in [1.807, 2.05) is 34.1 Å². The summed E-state index contributed by atoms with van der Waals surface area (Å²) in [4.78, 5) is 30.4. The lowest BCUT2D eigenvalue weighted by Gasteiger charge is -2.52. The number of carbonyl (C=O) groups is 2. The van der Waals surface area contributed by atoms with Gasteiger partial charge in [0.25, 0.3) is 11.8 Å². The van der Waals surface area contributed by atoms with Gasteiger partial charge in [-0.2, -0.15) is 0 Å². The molecular weight excluding hydrogens is 578 g/mol. The molecule has 9 heteroatoms. The van der Waals surface area contributed by atoms with Crippen LogP contribution in [0.4, 0.5) is 5.69 Å². The molecule has 4 heterocycles. The summed E-state index contributed by atoms with van der Waals surface area (Å²) < 4.78 is 12.7. The van der Waals surface area contributed by atoms with Crippen molar-refractivity contribution in [2.75, 3.05) is 64.8 Å². The van der Waals surface area contributed by atoms with Crippen LogP contribution in [0.25, 0.3) is 0 Å². The van der Waals surface area contributed by atoms with Crippen LogP contribution in [0.5, 0.6) is 5.75 Å². The predicted octanol–water partition coefficient (Wildman–Crippen LogP) is 4.80. The molecule has 0 aromatic heterocycles. The number of rotatable bonds is 7. The molecule has 4 saturated heterocycles. The van der Waals surface area contributed by atoms with E-state index in [1.54, 1.807) is 7.11 Å². The largest absolute Gasteiger partial charge is 0.497 e. The number of amides is 2. The number of quaternary nitrogens is 1. The van der Waals surface area contributed by atoms with Crippen LogP contribution in [0.1, 0.15) is 79.6 Å². The van der Waals surface area contributed by atoms with Gasteiger partial charge in [-0.05, 0) is 92.8 Å². The zero-order chi connectivity index (χ0) is 31.5. The molecule has 1 saturated carbocycles. The molecule has 0 radical (unpaired) electrons. The monoisotopic (exact) mass is 630 g/mol. The lowest BCUT2D eigenvalue weighted by Crippen LogP contribution is -2.71. The van der Waals surface area contributed by atoms with Gasteiger partial charge in [0.1, 0.15) is 11.9 Å². The molecule has 46 heavy (non-hydrogen) atoms. The van der Waals surface area contributed by atoms with Gasteiger partial charge in [0, 0.05) is 49.9 Å². The standard InChI is InChI=1S/C37H51N5O4/c1-45-32-15-11-27(12-16-32)30-25-38-37(42(26-30)23-5-2-6-24-42)39-31-13-9-29(10-14-31)35(43)40-19-21-41(22-20-40)36(44)34-18-17-33(46-34)28-7-3-4-8-28/h9-16,28,30,33-34,37-38H,2-8,17-26H2,1H3/p+1. The predicted molar refractivity (Wildman–Crippen MR) is 179 cm³/mol. The summed E-state index contributed by atoms with van der Waals surface area (Å²) in [7, 11) is 1.71. The van der Waals surface area contributed by atoms with Gasteiger partial charge in [-0.3, -0.25) is 14.1 Å². The first-order valence-electron chi connectivity index (χ1n) is 17.8.